The molecule has 2 saturated heterocycles. The van der Waals surface area contributed by atoms with E-state index in [1.54, 1.807) is 12.1 Å². The topological polar surface area (TPSA) is 102 Å². The fourth-order valence-electron chi connectivity index (χ4n) is 8.00. The Hall–Kier alpha value is -3.15. The van der Waals surface area contributed by atoms with Crippen LogP contribution < -0.4 is 4.74 Å². The van der Waals surface area contributed by atoms with Gasteiger partial charge in [0, 0.05) is 18.9 Å². The van der Waals surface area contributed by atoms with Crippen LogP contribution in [0.1, 0.15) is 65.9 Å². The number of carbonyl (C=O) groups excluding carboxylic acids is 2. The third-order valence-electron chi connectivity index (χ3n) is 10.0. The zero-order valence-electron chi connectivity index (χ0n) is 27.4. The van der Waals surface area contributed by atoms with Gasteiger partial charge in [0.15, 0.2) is 0 Å². The van der Waals surface area contributed by atoms with Crippen LogP contribution in [-0.4, -0.2) is 70.8 Å². The maximum atomic E-state index is 14.5. The molecule has 1 aliphatic carbocycles. The minimum Gasteiger partial charge on any atom is -0.546 e. The lowest BCUT2D eigenvalue weighted by molar-refractivity contribution is -0.134. The van der Waals surface area contributed by atoms with Crippen molar-refractivity contribution in [2.24, 2.45) is 5.92 Å². The lowest BCUT2D eigenvalue weighted by Crippen LogP contribution is -2.53. The van der Waals surface area contributed by atoms with E-state index in [0.717, 1.165) is 21.8 Å². The van der Waals surface area contributed by atoms with E-state index in [0.29, 0.717) is 35.2 Å². The van der Waals surface area contributed by atoms with Gasteiger partial charge in [-0.05, 0) is 58.4 Å². The summed E-state index contributed by atoms with van der Waals surface area (Å²) in [7, 11) is -4.96. The van der Waals surface area contributed by atoms with Crippen molar-refractivity contribution in [1.82, 2.24) is 9.21 Å². The molecule has 244 valence electrons. The maximum absolute atomic E-state index is 14.5. The molecule has 3 aliphatic rings. The number of methoxy groups -OCH3 is 1. The van der Waals surface area contributed by atoms with Gasteiger partial charge in [-0.15, -0.1) is 0 Å². The molecule has 9 nitrogen and oxygen atoms in total. The van der Waals surface area contributed by atoms with E-state index in [1.165, 1.54) is 23.5 Å². The number of sulfonamides is 1. The van der Waals surface area contributed by atoms with Gasteiger partial charge in [0.05, 0.1) is 36.3 Å². The van der Waals surface area contributed by atoms with Crippen molar-refractivity contribution in [3.63, 3.8) is 0 Å². The number of ether oxygens (including phenoxy) is 2. The first-order valence-electron chi connectivity index (χ1n) is 15.9. The molecule has 0 N–H and O–H groups in total. The molecule has 5 rings (SSSR count). The lowest BCUT2D eigenvalue weighted by atomic mass is 9.72. The Bertz CT molecular complexity index is 1520. The standard InChI is InChI=1S/C34H46N2O7SSi/c1-22(2)45(23(3)4,24(5)6)43-30-21-29(25-11-9-8-10-12-25)31(33(37)35-19-20-42-34(35)38)32-28(30)17-18-36(32)44(39,40)27-15-13-26(41-7)14-16-27/h8-16,22-24,29,31-32H,17-21H2,1-7H3/t29-,31-,32-/m1/s1. The number of nitrogens with zero attached hydrogens (tertiary/aromatic N) is 2. The van der Waals surface area contributed by atoms with Crippen LogP contribution >= 0.6 is 0 Å². The first-order valence-corrected chi connectivity index (χ1v) is 19.5. The predicted octanol–water partition coefficient (Wildman–Crippen LogP) is 6.69. The lowest BCUT2D eigenvalue weighted by Gasteiger charge is -2.47. The SMILES string of the molecule is COc1ccc(S(=O)(=O)N2CCC3=C(O[Si](C(C)C)(C(C)C)C(C)C)C[C@H](c4ccccc4)[C@@H](C(=O)N4CCOC4=O)[C@@H]32)cc1. The van der Waals surface area contributed by atoms with E-state index in [9.17, 15) is 18.0 Å². The third-order valence-corrected chi connectivity index (χ3v) is 17.9. The molecule has 0 aromatic heterocycles. The van der Waals surface area contributed by atoms with Crippen LogP contribution in [0.15, 0.2) is 70.8 Å². The summed E-state index contributed by atoms with van der Waals surface area (Å²) >= 11 is 0. The Kier molecular flexibility index (Phi) is 9.54. The van der Waals surface area contributed by atoms with E-state index < -0.39 is 48.2 Å². The van der Waals surface area contributed by atoms with E-state index >= 15 is 0 Å². The molecule has 3 atom stereocenters. The van der Waals surface area contributed by atoms with E-state index in [4.69, 9.17) is 13.9 Å². The summed E-state index contributed by atoms with van der Waals surface area (Å²) in [5.74, 6) is -0.307. The first kappa shape index (κ1) is 33.2. The van der Waals surface area contributed by atoms with Gasteiger partial charge in [-0.25, -0.2) is 18.1 Å². The van der Waals surface area contributed by atoms with Crippen molar-refractivity contribution in [3.05, 3.63) is 71.5 Å². The van der Waals surface area contributed by atoms with Crippen LogP contribution in [0.3, 0.4) is 0 Å². The average Bonchev–Trinajstić information content (AvgIpc) is 3.66. The van der Waals surface area contributed by atoms with E-state index in [1.807, 2.05) is 30.3 Å². The highest BCUT2D eigenvalue weighted by molar-refractivity contribution is 7.89. The van der Waals surface area contributed by atoms with Crippen molar-refractivity contribution in [3.8, 4) is 5.75 Å². The fourth-order valence-corrected chi connectivity index (χ4v) is 15.0. The number of benzene rings is 2. The summed E-state index contributed by atoms with van der Waals surface area (Å²) in [4.78, 5) is 28.5. The summed E-state index contributed by atoms with van der Waals surface area (Å²) < 4.78 is 48.1. The van der Waals surface area contributed by atoms with Gasteiger partial charge in [0.25, 0.3) is 8.32 Å². The highest BCUT2D eigenvalue weighted by Gasteiger charge is 2.56. The largest absolute Gasteiger partial charge is 0.546 e. The Labute approximate surface area is 268 Å². The van der Waals surface area contributed by atoms with Gasteiger partial charge < -0.3 is 13.9 Å². The molecule has 0 saturated carbocycles. The Balaban J connectivity index is 1.72. The Morgan fingerprint density at radius 1 is 0.933 bits per heavy atom. The van der Waals surface area contributed by atoms with Gasteiger partial charge in [0.2, 0.25) is 15.9 Å². The molecular weight excluding hydrogens is 609 g/mol. The second-order valence-corrected chi connectivity index (χ2v) is 20.5. The summed E-state index contributed by atoms with van der Waals surface area (Å²) in [5.41, 5.74) is 2.67. The van der Waals surface area contributed by atoms with Crippen LogP contribution in [0.25, 0.3) is 0 Å². The van der Waals surface area contributed by atoms with Gasteiger partial charge in [-0.2, -0.15) is 4.31 Å². The van der Waals surface area contributed by atoms with Crippen molar-refractivity contribution < 1.29 is 31.9 Å². The molecular formula is C34H46N2O7SSi. The van der Waals surface area contributed by atoms with Crippen LogP contribution in [-0.2, 0) is 24.0 Å². The predicted molar refractivity (Wildman–Crippen MR) is 175 cm³/mol. The van der Waals surface area contributed by atoms with Crippen molar-refractivity contribution >= 4 is 30.3 Å². The molecule has 2 aromatic carbocycles. The fraction of sp³-hybridized carbons (Fsp3) is 0.529. The summed E-state index contributed by atoms with van der Waals surface area (Å²) in [6.45, 7) is 13.8. The van der Waals surface area contributed by atoms with Crippen molar-refractivity contribution in [2.75, 3.05) is 26.8 Å². The summed E-state index contributed by atoms with van der Waals surface area (Å²) in [6.07, 6.45) is 0.212. The second kappa shape index (κ2) is 12.9. The minimum absolute atomic E-state index is 0.119. The van der Waals surface area contributed by atoms with Gasteiger partial charge in [-0.1, -0.05) is 71.9 Å². The van der Waals surface area contributed by atoms with E-state index in [-0.39, 0.29) is 24.6 Å². The first-order chi connectivity index (χ1) is 21.3. The van der Waals surface area contributed by atoms with Crippen LogP contribution in [0, 0.1) is 5.92 Å². The van der Waals surface area contributed by atoms with E-state index in [2.05, 4.69) is 41.5 Å². The number of hydrogen-bond donors (Lipinski definition) is 0. The number of amides is 2. The molecule has 2 aromatic rings. The summed E-state index contributed by atoms with van der Waals surface area (Å²) in [6, 6.07) is 15.2. The second-order valence-electron chi connectivity index (χ2n) is 13.2. The van der Waals surface area contributed by atoms with Crippen LogP contribution in [0.4, 0.5) is 4.79 Å². The zero-order valence-corrected chi connectivity index (χ0v) is 29.2. The average molecular weight is 655 g/mol. The molecule has 0 unspecified atom stereocenters. The molecule has 0 radical (unpaired) electrons. The van der Waals surface area contributed by atoms with Crippen LogP contribution in [0.2, 0.25) is 16.6 Å². The van der Waals surface area contributed by atoms with Gasteiger partial charge >= 0.3 is 6.09 Å². The molecule has 2 aliphatic heterocycles. The molecule has 2 amide bonds. The molecule has 2 heterocycles. The highest BCUT2D eigenvalue weighted by atomic mass is 32.2. The third kappa shape index (κ3) is 5.83. The molecule has 0 spiro atoms. The number of allylic oxidation sites excluding steroid dienone is 1. The van der Waals surface area contributed by atoms with Crippen molar-refractivity contribution in [2.45, 2.75) is 87.9 Å². The molecule has 0 bridgehead atoms. The van der Waals surface area contributed by atoms with Gasteiger partial charge in [-0.3, -0.25) is 4.79 Å². The highest BCUT2D eigenvalue weighted by Crippen LogP contribution is 2.52. The molecule has 11 heteroatoms. The number of fused-ring (bicyclic) bond motifs is 1. The monoisotopic (exact) mass is 654 g/mol. The zero-order chi connectivity index (χ0) is 32.7. The van der Waals surface area contributed by atoms with Crippen LogP contribution in [0.5, 0.6) is 5.75 Å². The van der Waals surface area contributed by atoms with Crippen molar-refractivity contribution in [1.29, 1.82) is 0 Å². The number of rotatable bonds is 10. The normalized spacial score (nSPS) is 22.8. The minimum atomic E-state index is -4.05. The number of cyclic esters (lactones) is 1. The Morgan fingerprint density at radius 2 is 1.56 bits per heavy atom. The smallest absolute Gasteiger partial charge is 0.416 e. The number of imide groups is 1. The maximum Gasteiger partial charge on any atom is 0.416 e. The number of hydrogen-bond acceptors (Lipinski definition) is 7. The summed E-state index contributed by atoms with van der Waals surface area (Å²) in [5, 5.41) is 0. The number of carbonyl (C=O) groups is 2. The Morgan fingerprint density at radius 3 is 2.09 bits per heavy atom. The van der Waals surface area contributed by atoms with Gasteiger partial charge in [0.1, 0.15) is 12.4 Å². The molecule has 2 fully saturated rings. The quantitative estimate of drug-likeness (QED) is 0.263. The molecule has 45 heavy (non-hydrogen) atoms.